The SMILES string of the molecule is CCN1CCN(C(=O)c2ccc(Nc3ncc(Cl)c(-c4cc(F)c5nc(C(C)(C)O)n6c5c4OC[C@@H]6C)n3)c(F)c2)CC1. The summed E-state index contributed by atoms with van der Waals surface area (Å²) >= 11 is 6.50. The van der Waals surface area contributed by atoms with Crippen LogP contribution in [0.15, 0.2) is 30.5 Å². The monoisotopic (exact) mass is 611 g/mol. The number of anilines is 2. The molecule has 0 spiro atoms. The summed E-state index contributed by atoms with van der Waals surface area (Å²) in [6, 6.07) is 5.22. The van der Waals surface area contributed by atoms with E-state index in [-0.39, 0.29) is 57.6 Å². The summed E-state index contributed by atoms with van der Waals surface area (Å²) in [6.07, 6.45) is 1.33. The summed E-state index contributed by atoms with van der Waals surface area (Å²) in [5.41, 5.74) is -0.135. The van der Waals surface area contributed by atoms with Gasteiger partial charge >= 0.3 is 0 Å². The van der Waals surface area contributed by atoms with Gasteiger partial charge in [0.1, 0.15) is 34.9 Å². The number of ether oxygens (including phenoxy) is 1. The van der Waals surface area contributed by atoms with Gasteiger partial charge in [0.15, 0.2) is 11.6 Å². The molecule has 2 aromatic heterocycles. The molecule has 43 heavy (non-hydrogen) atoms. The number of carbonyl (C=O) groups is 1. The molecule has 0 bridgehead atoms. The van der Waals surface area contributed by atoms with Gasteiger partial charge in [0, 0.05) is 37.3 Å². The van der Waals surface area contributed by atoms with Gasteiger partial charge in [-0.25, -0.2) is 23.7 Å². The van der Waals surface area contributed by atoms with Crippen molar-refractivity contribution >= 4 is 40.2 Å². The first kappa shape index (κ1) is 29.2. The number of nitrogens with one attached hydrogen (secondary N) is 1. The molecule has 4 heterocycles. The van der Waals surface area contributed by atoms with Gasteiger partial charge in [-0.05, 0) is 51.6 Å². The molecule has 6 rings (SSSR count). The molecule has 2 N–H and O–H groups in total. The smallest absolute Gasteiger partial charge is 0.254 e. The maximum atomic E-state index is 15.5. The first-order valence-electron chi connectivity index (χ1n) is 14.2. The van der Waals surface area contributed by atoms with E-state index < -0.39 is 17.2 Å². The van der Waals surface area contributed by atoms with E-state index in [0.29, 0.717) is 30.2 Å². The summed E-state index contributed by atoms with van der Waals surface area (Å²) in [4.78, 5) is 30.0. The van der Waals surface area contributed by atoms with Gasteiger partial charge in [0.25, 0.3) is 5.91 Å². The van der Waals surface area contributed by atoms with Gasteiger partial charge in [0.05, 0.1) is 28.6 Å². The van der Waals surface area contributed by atoms with Gasteiger partial charge in [-0.1, -0.05) is 18.5 Å². The molecule has 0 aliphatic carbocycles. The Labute approximate surface area is 252 Å². The highest BCUT2D eigenvalue weighted by molar-refractivity contribution is 6.33. The van der Waals surface area contributed by atoms with Crippen LogP contribution in [0.25, 0.3) is 22.3 Å². The van der Waals surface area contributed by atoms with Crippen LogP contribution in [-0.4, -0.2) is 79.7 Å². The Balaban J connectivity index is 1.32. The first-order valence-corrected chi connectivity index (χ1v) is 14.5. The van der Waals surface area contributed by atoms with E-state index in [9.17, 15) is 9.90 Å². The van der Waals surface area contributed by atoms with E-state index in [2.05, 4.69) is 32.1 Å². The Morgan fingerprint density at radius 2 is 1.91 bits per heavy atom. The predicted molar refractivity (Wildman–Crippen MR) is 159 cm³/mol. The number of hydrogen-bond acceptors (Lipinski definition) is 8. The van der Waals surface area contributed by atoms with Gasteiger partial charge in [-0.3, -0.25) is 4.79 Å². The van der Waals surface area contributed by atoms with Crippen LogP contribution in [0.5, 0.6) is 5.75 Å². The second-order valence-corrected chi connectivity index (χ2v) is 11.8. The number of rotatable bonds is 6. The first-order chi connectivity index (χ1) is 20.5. The van der Waals surface area contributed by atoms with Crippen molar-refractivity contribution in [2.24, 2.45) is 0 Å². The van der Waals surface area contributed by atoms with E-state index in [1.54, 1.807) is 29.4 Å². The van der Waals surface area contributed by atoms with Crippen LogP contribution in [0.2, 0.25) is 5.02 Å². The van der Waals surface area contributed by atoms with Gasteiger partial charge in [-0.2, -0.15) is 0 Å². The standard InChI is InChI=1S/C30H32ClF2N7O3/c1-5-38-8-10-39(11-9-38)27(41)17-6-7-22(20(32)12-17)35-29-34-14-19(31)23(37-29)18-13-21(33)24-25-26(18)43-15-16(2)40(25)28(36-24)30(3,4)42/h6-7,12-14,16,42H,5,8-11,15H2,1-4H3,(H,34,35,37)/t16-/m0/s1. The number of amides is 1. The lowest BCUT2D eigenvalue weighted by Gasteiger charge is -2.34. The highest BCUT2D eigenvalue weighted by atomic mass is 35.5. The van der Waals surface area contributed by atoms with E-state index >= 15 is 8.78 Å². The number of aromatic nitrogens is 4. The van der Waals surface area contributed by atoms with E-state index in [0.717, 1.165) is 19.6 Å². The third kappa shape index (κ3) is 5.28. The fraction of sp³-hybridized carbons (Fsp3) is 0.400. The van der Waals surface area contributed by atoms with Crippen LogP contribution in [0.3, 0.4) is 0 Å². The van der Waals surface area contributed by atoms with Crippen LogP contribution < -0.4 is 10.1 Å². The number of likely N-dealkylation sites (N-methyl/N-ethyl adjacent to an activating group) is 1. The average molecular weight is 612 g/mol. The number of aliphatic hydroxyl groups is 1. The van der Waals surface area contributed by atoms with E-state index in [1.165, 1.54) is 24.4 Å². The van der Waals surface area contributed by atoms with Crippen LogP contribution in [0, 0.1) is 11.6 Å². The van der Waals surface area contributed by atoms with Crippen LogP contribution in [0.1, 0.15) is 49.9 Å². The molecule has 226 valence electrons. The largest absolute Gasteiger partial charge is 0.488 e. The molecule has 13 heteroatoms. The average Bonchev–Trinajstić information content (AvgIpc) is 3.41. The normalized spacial score (nSPS) is 17.3. The van der Waals surface area contributed by atoms with Crippen LogP contribution in [0.4, 0.5) is 20.4 Å². The lowest BCUT2D eigenvalue weighted by molar-refractivity contribution is 0.0615. The highest BCUT2D eigenvalue weighted by Gasteiger charge is 2.34. The number of halogens is 3. The number of imidazole rings is 1. The fourth-order valence-electron chi connectivity index (χ4n) is 5.60. The molecule has 0 saturated carbocycles. The zero-order chi connectivity index (χ0) is 30.6. The number of carbonyl (C=O) groups excluding carboxylic acids is 1. The van der Waals surface area contributed by atoms with Gasteiger partial charge in [0.2, 0.25) is 5.95 Å². The molecular formula is C30H32ClF2N7O3. The number of benzene rings is 2. The van der Waals surface area contributed by atoms with Crippen molar-refractivity contribution in [1.82, 2.24) is 29.3 Å². The topological polar surface area (TPSA) is 109 Å². The molecule has 4 aromatic rings. The maximum Gasteiger partial charge on any atom is 0.254 e. The zero-order valence-electron chi connectivity index (χ0n) is 24.3. The number of piperazine rings is 1. The van der Waals surface area contributed by atoms with Crippen LogP contribution >= 0.6 is 11.6 Å². The molecule has 0 radical (unpaired) electrons. The lowest BCUT2D eigenvalue weighted by Crippen LogP contribution is -2.48. The Kier molecular flexibility index (Phi) is 7.47. The van der Waals surface area contributed by atoms with Crippen molar-refractivity contribution in [2.75, 3.05) is 44.6 Å². The van der Waals surface area contributed by atoms with Crippen molar-refractivity contribution in [3.05, 3.63) is 58.5 Å². The third-order valence-corrected chi connectivity index (χ3v) is 8.17. The highest BCUT2D eigenvalue weighted by Crippen LogP contribution is 2.45. The molecule has 1 fully saturated rings. The second-order valence-electron chi connectivity index (χ2n) is 11.4. The summed E-state index contributed by atoms with van der Waals surface area (Å²) in [6.45, 7) is 11.1. The molecular weight excluding hydrogens is 580 g/mol. The number of nitrogens with zero attached hydrogens (tertiary/aromatic N) is 6. The molecule has 1 amide bonds. The van der Waals surface area contributed by atoms with Crippen molar-refractivity contribution in [3.63, 3.8) is 0 Å². The molecule has 0 unspecified atom stereocenters. The van der Waals surface area contributed by atoms with Crippen molar-refractivity contribution in [2.45, 2.75) is 39.3 Å². The van der Waals surface area contributed by atoms with E-state index in [4.69, 9.17) is 16.3 Å². The Morgan fingerprint density at radius 1 is 1.16 bits per heavy atom. The minimum absolute atomic E-state index is 0.00985. The summed E-state index contributed by atoms with van der Waals surface area (Å²) < 4.78 is 38.5. The lowest BCUT2D eigenvalue weighted by atomic mass is 10.1. The second kappa shape index (κ2) is 11.0. The van der Waals surface area contributed by atoms with Gasteiger partial charge in [-0.15, -0.1) is 0 Å². The van der Waals surface area contributed by atoms with E-state index in [1.807, 2.05) is 6.92 Å². The molecule has 1 atom stereocenters. The Bertz CT molecular complexity index is 1730. The molecule has 2 aliphatic heterocycles. The third-order valence-electron chi connectivity index (χ3n) is 7.89. The van der Waals surface area contributed by atoms with Crippen molar-refractivity contribution in [3.8, 4) is 17.0 Å². The fourth-order valence-corrected chi connectivity index (χ4v) is 5.79. The quantitative estimate of drug-likeness (QED) is 0.309. The Hall–Kier alpha value is -3.87. The molecule has 10 nitrogen and oxygen atoms in total. The summed E-state index contributed by atoms with van der Waals surface area (Å²) in [5, 5.41) is 13.7. The molecule has 2 aromatic carbocycles. The van der Waals surface area contributed by atoms with Gasteiger partial charge < -0.3 is 29.5 Å². The minimum Gasteiger partial charge on any atom is -0.488 e. The minimum atomic E-state index is -1.33. The molecule has 2 aliphatic rings. The zero-order valence-corrected chi connectivity index (χ0v) is 25.0. The van der Waals surface area contributed by atoms with Crippen LogP contribution in [-0.2, 0) is 5.60 Å². The number of hydrogen-bond donors (Lipinski definition) is 2. The summed E-state index contributed by atoms with van der Waals surface area (Å²) in [5.74, 6) is -0.872. The Morgan fingerprint density at radius 3 is 2.58 bits per heavy atom. The predicted octanol–water partition coefficient (Wildman–Crippen LogP) is 5.13. The van der Waals surface area contributed by atoms with Crippen molar-refractivity contribution in [1.29, 1.82) is 0 Å². The summed E-state index contributed by atoms with van der Waals surface area (Å²) in [7, 11) is 0. The maximum absolute atomic E-state index is 15.5. The molecule has 1 saturated heterocycles. The van der Waals surface area contributed by atoms with Crippen molar-refractivity contribution < 1.29 is 23.4 Å².